The first-order chi connectivity index (χ1) is 16.8. The molecule has 3 amide bonds. The molecule has 3 saturated heterocycles. The molecule has 8 nitrogen and oxygen atoms in total. The molecule has 2 bridgehead atoms. The first-order valence-electron chi connectivity index (χ1n) is 13.2. The number of nitrogens with zero attached hydrogens (tertiary/aromatic N) is 3. The average molecular weight is 490 g/mol. The SMILES string of the molecule is C=CCN(CCC)C(=O)[C@@H]1[C@@H]2CCC3(O2)C(C(=O)N(CC=C)C(C)CCC)N(CCCO)C(=O)[C@H]13. The third kappa shape index (κ3) is 4.79. The first kappa shape index (κ1) is 27.4. The molecule has 0 aromatic heterocycles. The Morgan fingerprint density at radius 2 is 1.94 bits per heavy atom. The third-order valence-electron chi connectivity index (χ3n) is 7.88. The summed E-state index contributed by atoms with van der Waals surface area (Å²) in [5.74, 6) is -1.72. The van der Waals surface area contributed by atoms with E-state index in [9.17, 15) is 19.5 Å². The van der Waals surface area contributed by atoms with E-state index in [1.165, 1.54) is 0 Å². The number of aliphatic hydroxyl groups is 1. The molecule has 35 heavy (non-hydrogen) atoms. The summed E-state index contributed by atoms with van der Waals surface area (Å²) >= 11 is 0. The largest absolute Gasteiger partial charge is 0.396 e. The number of rotatable bonds is 14. The van der Waals surface area contributed by atoms with Crippen molar-refractivity contribution in [2.45, 2.75) is 83.1 Å². The molecule has 3 rings (SSSR count). The topological polar surface area (TPSA) is 90.4 Å². The van der Waals surface area contributed by atoms with E-state index < -0.39 is 23.5 Å². The van der Waals surface area contributed by atoms with Crippen LogP contribution in [0.15, 0.2) is 25.3 Å². The van der Waals surface area contributed by atoms with Crippen LogP contribution in [-0.2, 0) is 19.1 Å². The molecule has 8 heteroatoms. The zero-order valence-corrected chi connectivity index (χ0v) is 21.7. The van der Waals surface area contributed by atoms with Crippen molar-refractivity contribution in [1.29, 1.82) is 0 Å². The second-order valence-corrected chi connectivity index (χ2v) is 10.2. The number of carbonyl (C=O) groups excluding carboxylic acids is 3. The smallest absolute Gasteiger partial charge is 0.248 e. The maximum absolute atomic E-state index is 14.1. The summed E-state index contributed by atoms with van der Waals surface area (Å²) in [5.41, 5.74) is -1.01. The normalized spacial score (nSPS) is 29.7. The van der Waals surface area contributed by atoms with Crippen molar-refractivity contribution in [1.82, 2.24) is 14.7 Å². The van der Waals surface area contributed by atoms with Gasteiger partial charge in [-0.3, -0.25) is 14.4 Å². The minimum atomic E-state index is -1.01. The van der Waals surface area contributed by atoms with Crippen LogP contribution < -0.4 is 0 Å². The molecular weight excluding hydrogens is 446 g/mol. The van der Waals surface area contributed by atoms with Gasteiger partial charge in [-0.25, -0.2) is 0 Å². The molecule has 196 valence electrons. The molecule has 0 saturated carbocycles. The lowest BCUT2D eigenvalue weighted by Gasteiger charge is -2.39. The number of likely N-dealkylation sites (tertiary alicyclic amines) is 1. The quantitative estimate of drug-likeness (QED) is 0.379. The Kier molecular flexibility index (Phi) is 9.16. The molecule has 1 spiro atoms. The number of hydrogen-bond donors (Lipinski definition) is 1. The Hall–Kier alpha value is -2.19. The summed E-state index contributed by atoms with van der Waals surface area (Å²) in [6, 6.07) is -0.813. The molecule has 0 aromatic rings. The first-order valence-corrected chi connectivity index (χ1v) is 13.2. The van der Waals surface area contributed by atoms with Crippen molar-refractivity contribution in [2.24, 2.45) is 11.8 Å². The van der Waals surface area contributed by atoms with E-state index in [4.69, 9.17) is 4.74 Å². The molecular formula is C27H43N3O5. The highest BCUT2D eigenvalue weighted by atomic mass is 16.5. The Balaban J connectivity index is 2.01. The van der Waals surface area contributed by atoms with Crippen LogP contribution in [0.5, 0.6) is 0 Å². The highest BCUT2D eigenvalue weighted by Crippen LogP contribution is 2.59. The Labute approximate surface area is 210 Å². The van der Waals surface area contributed by atoms with Gasteiger partial charge in [-0.2, -0.15) is 0 Å². The number of ether oxygens (including phenoxy) is 1. The predicted octanol–water partition coefficient (Wildman–Crippen LogP) is 2.37. The molecule has 3 fully saturated rings. The maximum Gasteiger partial charge on any atom is 0.248 e. The van der Waals surface area contributed by atoms with Gasteiger partial charge >= 0.3 is 0 Å². The van der Waals surface area contributed by atoms with Gasteiger partial charge < -0.3 is 24.5 Å². The second-order valence-electron chi connectivity index (χ2n) is 10.2. The molecule has 0 radical (unpaired) electrons. The van der Waals surface area contributed by atoms with Crippen LogP contribution in [0.1, 0.15) is 59.3 Å². The van der Waals surface area contributed by atoms with Crippen molar-refractivity contribution < 1.29 is 24.2 Å². The van der Waals surface area contributed by atoms with Crippen LogP contribution in [0.4, 0.5) is 0 Å². The van der Waals surface area contributed by atoms with Gasteiger partial charge in [0.15, 0.2) is 0 Å². The van der Waals surface area contributed by atoms with E-state index in [1.807, 2.05) is 13.8 Å². The van der Waals surface area contributed by atoms with Gasteiger partial charge in [0.1, 0.15) is 11.6 Å². The molecule has 6 atom stereocenters. The van der Waals surface area contributed by atoms with E-state index in [2.05, 4.69) is 20.1 Å². The Morgan fingerprint density at radius 1 is 1.23 bits per heavy atom. The average Bonchev–Trinajstić information content (AvgIpc) is 3.47. The van der Waals surface area contributed by atoms with Crippen molar-refractivity contribution >= 4 is 17.7 Å². The highest BCUT2D eigenvalue weighted by Gasteiger charge is 2.74. The van der Waals surface area contributed by atoms with Crippen molar-refractivity contribution in [3.8, 4) is 0 Å². The van der Waals surface area contributed by atoms with Crippen molar-refractivity contribution in [3.63, 3.8) is 0 Å². The summed E-state index contributed by atoms with van der Waals surface area (Å²) in [6.07, 6.45) is 7.21. The lowest BCUT2D eigenvalue weighted by atomic mass is 9.70. The van der Waals surface area contributed by atoms with E-state index >= 15 is 0 Å². The number of hydrogen-bond acceptors (Lipinski definition) is 5. The fourth-order valence-electron chi connectivity index (χ4n) is 6.48. The number of carbonyl (C=O) groups is 3. The monoisotopic (exact) mass is 489 g/mol. The van der Waals surface area contributed by atoms with Gasteiger partial charge in [-0.1, -0.05) is 32.4 Å². The van der Waals surface area contributed by atoms with Crippen LogP contribution in [0, 0.1) is 11.8 Å². The summed E-state index contributed by atoms with van der Waals surface area (Å²) < 4.78 is 6.53. The van der Waals surface area contributed by atoms with Crippen LogP contribution in [0.3, 0.4) is 0 Å². The number of fused-ring (bicyclic) bond motifs is 1. The van der Waals surface area contributed by atoms with Gasteiger partial charge in [0, 0.05) is 38.8 Å². The Bertz CT molecular complexity index is 817. The van der Waals surface area contributed by atoms with Crippen molar-refractivity contribution in [2.75, 3.05) is 32.8 Å². The van der Waals surface area contributed by atoms with Crippen LogP contribution in [0.25, 0.3) is 0 Å². The molecule has 0 aromatic carbocycles. The van der Waals surface area contributed by atoms with Gasteiger partial charge in [-0.05, 0) is 39.0 Å². The minimum Gasteiger partial charge on any atom is -0.396 e. The third-order valence-corrected chi connectivity index (χ3v) is 7.88. The molecule has 3 heterocycles. The van der Waals surface area contributed by atoms with E-state index in [0.29, 0.717) is 38.9 Å². The van der Waals surface area contributed by atoms with E-state index in [0.717, 1.165) is 19.3 Å². The Morgan fingerprint density at radius 3 is 2.54 bits per heavy atom. The summed E-state index contributed by atoms with van der Waals surface area (Å²) in [4.78, 5) is 46.9. The molecule has 3 aliphatic heterocycles. The number of aliphatic hydroxyl groups excluding tert-OH is 1. The van der Waals surface area contributed by atoms with Crippen LogP contribution in [-0.4, -0.2) is 94.1 Å². The van der Waals surface area contributed by atoms with Gasteiger partial charge in [0.05, 0.1) is 17.9 Å². The van der Waals surface area contributed by atoms with Crippen LogP contribution >= 0.6 is 0 Å². The molecule has 0 aliphatic carbocycles. The minimum absolute atomic E-state index is 0.0144. The predicted molar refractivity (Wildman–Crippen MR) is 134 cm³/mol. The summed E-state index contributed by atoms with van der Waals surface area (Å²) in [7, 11) is 0. The van der Waals surface area contributed by atoms with Crippen molar-refractivity contribution in [3.05, 3.63) is 25.3 Å². The maximum atomic E-state index is 14.1. The highest BCUT2D eigenvalue weighted by molar-refractivity contribution is 5.99. The lowest BCUT2D eigenvalue weighted by molar-refractivity contribution is -0.150. The fourth-order valence-corrected chi connectivity index (χ4v) is 6.48. The summed E-state index contributed by atoms with van der Waals surface area (Å²) in [6.45, 7) is 15.3. The molecule has 3 aliphatic rings. The van der Waals surface area contributed by atoms with Gasteiger partial charge in [0.25, 0.3) is 0 Å². The lowest BCUT2D eigenvalue weighted by Crippen LogP contribution is -2.58. The fraction of sp³-hybridized carbons (Fsp3) is 0.741. The zero-order valence-electron chi connectivity index (χ0n) is 21.7. The molecule has 1 N–H and O–H groups in total. The van der Waals surface area contributed by atoms with Crippen LogP contribution in [0.2, 0.25) is 0 Å². The van der Waals surface area contributed by atoms with E-state index in [-0.39, 0.29) is 43.0 Å². The van der Waals surface area contributed by atoms with Gasteiger partial charge in [0.2, 0.25) is 17.7 Å². The number of amides is 3. The summed E-state index contributed by atoms with van der Waals surface area (Å²) in [5, 5.41) is 9.51. The zero-order chi connectivity index (χ0) is 25.8. The second kappa shape index (κ2) is 11.7. The van der Waals surface area contributed by atoms with E-state index in [1.54, 1.807) is 26.9 Å². The molecule has 3 unspecified atom stereocenters. The standard InChI is InChI=1S/C27H43N3O5/c1-6-11-19(5)29(16-9-4)26(34)23-27-13-12-20(35-27)21(24(32)28(14-7-2)15-8-3)22(27)25(33)30(23)17-10-18-31/h7,9,19-23,31H,2,4,6,8,10-18H2,1,3,5H3/t19?,20-,21+,22-,23?,27?/m0/s1. The van der Waals surface area contributed by atoms with Gasteiger partial charge in [-0.15, -0.1) is 13.2 Å².